The van der Waals surface area contributed by atoms with Crippen LogP contribution in [-0.2, 0) is 65.4 Å². The number of carbonyl (C=O) groups is 4. The summed E-state index contributed by atoms with van der Waals surface area (Å²) in [6, 6.07) is 0. The van der Waals surface area contributed by atoms with Crippen LogP contribution in [0.1, 0.15) is 325 Å². The zero-order valence-electron chi connectivity index (χ0n) is 55.1. The van der Waals surface area contributed by atoms with Crippen molar-refractivity contribution in [1.29, 1.82) is 0 Å². The van der Waals surface area contributed by atoms with Crippen molar-refractivity contribution in [1.82, 2.24) is 0 Å². The van der Waals surface area contributed by atoms with Crippen molar-refractivity contribution in [3.05, 3.63) is 0 Å². The molecule has 17 nitrogen and oxygen atoms in total. The highest BCUT2D eigenvalue weighted by molar-refractivity contribution is 7.47. The average molecular weight is 1260 g/mol. The highest BCUT2D eigenvalue weighted by Crippen LogP contribution is 2.45. The number of ether oxygens (including phenoxy) is 4. The molecule has 0 aromatic carbocycles. The van der Waals surface area contributed by atoms with Crippen LogP contribution in [0.3, 0.4) is 0 Å². The van der Waals surface area contributed by atoms with Crippen LogP contribution in [0.2, 0.25) is 0 Å². The summed E-state index contributed by atoms with van der Waals surface area (Å²) < 4.78 is 68.1. The summed E-state index contributed by atoms with van der Waals surface area (Å²) in [5, 5.41) is 10.6. The van der Waals surface area contributed by atoms with Gasteiger partial charge in [-0.15, -0.1) is 0 Å². The molecule has 0 aliphatic heterocycles. The monoisotopic (exact) mass is 1250 g/mol. The van der Waals surface area contributed by atoms with Crippen LogP contribution in [0.25, 0.3) is 0 Å². The number of aliphatic hydroxyl groups excluding tert-OH is 1. The van der Waals surface area contributed by atoms with Crippen molar-refractivity contribution < 1.29 is 80.2 Å². The Bertz CT molecular complexity index is 1690. The van der Waals surface area contributed by atoms with Crippen molar-refractivity contribution in [3.63, 3.8) is 0 Å². The molecule has 0 amide bonds. The number of unbranched alkanes of at least 4 members (excludes halogenated alkanes) is 30. The molecular formula is C66H128O17P2. The topological polar surface area (TPSA) is 237 Å². The quantitative estimate of drug-likeness (QED) is 0.0222. The average Bonchev–Trinajstić information content (AvgIpc) is 3.61. The van der Waals surface area contributed by atoms with Gasteiger partial charge < -0.3 is 33.8 Å². The summed E-state index contributed by atoms with van der Waals surface area (Å²) in [5.74, 6) is 0.0678. The standard InChI is InChI=1S/C66H128O17P2/c1-8-11-12-13-14-15-16-17-21-24-33-40-47-63(68)76-53-61(82-65(70)49-42-35-25-22-19-18-20-23-30-37-44-57(4)5)55-80-84(72,73)78-51-60(67)52-79-85(74,75)81-56-62(83-66(71)50-43-36-29-27-32-39-46-59(7)10-3)54-77-64(69)48-41-34-28-26-31-38-45-58(6)9-2/h57-62,67H,8-56H2,1-7H3,(H,72,73)(H,74,75)/t58?,59?,60-,61-,62-/m1/s1. The van der Waals surface area contributed by atoms with E-state index in [9.17, 15) is 43.2 Å². The molecule has 3 N–H and O–H groups in total. The number of rotatable bonds is 64. The fourth-order valence-corrected chi connectivity index (χ4v) is 11.3. The molecule has 19 heteroatoms. The number of phosphoric ester groups is 2. The zero-order valence-corrected chi connectivity index (χ0v) is 56.9. The van der Waals surface area contributed by atoms with Crippen LogP contribution < -0.4 is 0 Å². The van der Waals surface area contributed by atoms with Gasteiger partial charge in [-0.05, 0) is 43.4 Å². The molecule has 504 valence electrons. The Morgan fingerprint density at radius 1 is 0.341 bits per heavy atom. The molecule has 0 aliphatic rings. The SMILES string of the molecule is CCCCCCCCCCCCCCC(=O)OC[C@H](COP(=O)(O)OC[C@@H](O)COP(=O)(O)OC[C@@H](COC(=O)CCCCCCCCC(C)CC)OC(=O)CCCCCCCCC(C)CC)OC(=O)CCCCCCCCCCCCC(C)C. The lowest BCUT2D eigenvalue weighted by Crippen LogP contribution is -2.30. The molecule has 0 bridgehead atoms. The van der Waals surface area contributed by atoms with Gasteiger partial charge in [0.25, 0.3) is 0 Å². The minimum Gasteiger partial charge on any atom is -0.462 e. The molecule has 0 fully saturated rings. The first-order valence-electron chi connectivity index (χ1n) is 34.4. The van der Waals surface area contributed by atoms with Gasteiger partial charge in [0.05, 0.1) is 26.4 Å². The van der Waals surface area contributed by atoms with Gasteiger partial charge in [-0.2, -0.15) is 0 Å². The largest absolute Gasteiger partial charge is 0.472 e. The van der Waals surface area contributed by atoms with E-state index in [1.54, 1.807) is 0 Å². The number of hydrogen-bond donors (Lipinski definition) is 3. The second kappa shape index (κ2) is 57.2. The number of carbonyl (C=O) groups excluding carboxylic acids is 4. The third kappa shape index (κ3) is 58.2. The third-order valence-corrected chi connectivity index (χ3v) is 17.8. The summed E-state index contributed by atoms with van der Waals surface area (Å²) >= 11 is 0. The fraction of sp³-hybridized carbons (Fsp3) is 0.939. The maximum absolute atomic E-state index is 13.0. The molecule has 4 unspecified atom stereocenters. The highest BCUT2D eigenvalue weighted by atomic mass is 31.2. The number of hydrogen-bond acceptors (Lipinski definition) is 15. The maximum Gasteiger partial charge on any atom is 0.472 e. The van der Waals surface area contributed by atoms with Gasteiger partial charge >= 0.3 is 39.5 Å². The van der Waals surface area contributed by atoms with E-state index >= 15 is 0 Å². The minimum absolute atomic E-state index is 0.102. The minimum atomic E-state index is -4.95. The van der Waals surface area contributed by atoms with Gasteiger partial charge in [0, 0.05) is 25.7 Å². The molecule has 0 spiro atoms. The van der Waals surface area contributed by atoms with Crippen LogP contribution in [0, 0.1) is 17.8 Å². The van der Waals surface area contributed by atoms with Crippen LogP contribution in [0.15, 0.2) is 0 Å². The van der Waals surface area contributed by atoms with Crippen molar-refractivity contribution in [2.24, 2.45) is 17.8 Å². The van der Waals surface area contributed by atoms with E-state index in [1.807, 2.05) is 0 Å². The molecule has 0 saturated heterocycles. The van der Waals surface area contributed by atoms with E-state index < -0.39 is 97.5 Å². The lowest BCUT2D eigenvalue weighted by Gasteiger charge is -2.21. The molecule has 0 aromatic heterocycles. The highest BCUT2D eigenvalue weighted by Gasteiger charge is 2.30. The molecule has 7 atom stereocenters. The van der Waals surface area contributed by atoms with Gasteiger partial charge in [-0.3, -0.25) is 37.3 Å². The first-order chi connectivity index (χ1) is 40.8. The Morgan fingerprint density at radius 3 is 0.894 bits per heavy atom. The Balaban J connectivity index is 5.26. The van der Waals surface area contributed by atoms with Gasteiger partial charge in [-0.1, -0.05) is 273 Å². The predicted octanol–water partition coefficient (Wildman–Crippen LogP) is 18.3. The summed E-state index contributed by atoms with van der Waals surface area (Å²) in [4.78, 5) is 72.3. The Morgan fingerprint density at radius 2 is 0.600 bits per heavy atom. The molecule has 85 heavy (non-hydrogen) atoms. The Hall–Kier alpha value is -1.94. The molecule has 0 aliphatic carbocycles. The number of aliphatic hydroxyl groups is 1. The molecule has 0 aromatic rings. The third-order valence-electron chi connectivity index (χ3n) is 15.9. The zero-order chi connectivity index (χ0) is 63.1. The molecular weight excluding hydrogens is 1130 g/mol. The van der Waals surface area contributed by atoms with Crippen LogP contribution in [0.5, 0.6) is 0 Å². The molecule has 0 rings (SSSR count). The first-order valence-corrected chi connectivity index (χ1v) is 37.4. The molecule has 0 heterocycles. The van der Waals surface area contributed by atoms with Crippen molar-refractivity contribution in [2.45, 2.75) is 343 Å². The van der Waals surface area contributed by atoms with Crippen molar-refractivity contribution in [2.75, 3.05) is 39.6 Å². The van der Waals surface area contributed by atoms with E-state index in [0.29, 0.717) is 25.7 Å². The van der Waals surface area contributed by atoms with Crippen LogP contribution in [-0.4, -0.2) is 96.7 Å². The van der Waals surface area contributed by atoms with E-state index in [4.69, 9.17) is 37.0 Å². The summed E-state index contributed by atoms with van der Waals surface area (Å²) in [7, 11) is -9.89. The first kappa shape index (κ1) is 83.1. The van der Waals surface area contributed by atoms with Crippen LogP contribution >= 0.6 is 15.6 Å². The Kier molecular flexibility index (Phi) is 55.9. The normalized spacial score (nSPS) is 15.0. The smallest absolute Gasteiger partial charge is 0.462 e. The van der Waals surface area contributed by atoms with E-state index in [-0.39, 0.29) is 25.7 Å². The maximum atomic E-state index is 13.0. The number of esters is 4. The second-order valence-corrected chi connectivity index (χ2v) is 27.7. The van der Waals surface area contributed by atoms with E-state index in [0.717, 1.165) is 114 Å². The van der Waals surface area contributed by atoms with Crippen molar-refractivity contribution >= 4 is 39.5 Å². The summed E-state index contributed by atoms with van der Waals surface area (Å²) in [5.41, 5.74) is 0. The molecule has 0 radical (unpaired) electrons. The van der Waals surface area contributed by atoms with Gasteiger partial charge in [0.1, 0.15) is 19.3 Å². The molecule has 0 saturated carbocycles. The van der Waals surface area contributed by atoms with Gasteiger partial charge in [0.2, 0.25) is 0 Å². The summed E-state index contributed by atoms with van der Waals surface area (Å²) in [6.45, 7) is 11.7. The van der Waals surface area contributed by atoms with E-state index in [2.05, 4.69) is 48.5 Å². The van der Waals surface area contributed by atoms with E-state index in [1.165, 1.54) is 128 Å². The summed E-state index contributed by atoms with van der Waals surface area (Å²) in [6.07, 6.45) is 38.9. The van der Waals surface area contributed by atoms with Gasteiger partial charge in [0.15, 0.2) is 12.2 Å². The predicted molar refractivity (Wildman–Crippen MR) is 340 cm³/mol. The lowest BCUT2D eigenvalue weighted by atomic mass is 10.00. The lowest BCUT2D eigenvalue weighted by molar-refractivity contribution is -0.161. The van der Waals surface area contributed by atoms with Crippen molar-refractivity contribution in [3.8, 4) is 0 Å². The van der Waals surface area contributed by atoms with Crippen LogP contribution in [0.4, 0.5) is 0 Å². The Labute approximate surface area is 517 Å². The fourth-order valence-electron chi connectivity index (χ4n) is 9.77. The second-order valence-electron chi connectivity index (χ2n) is 24.8. The van der Waals surface area contributed by atoms with Gasteiger partial charge in [-0.25, -0.2) is 9.13 Å². The number of phosphoric acid groups is 2.